The van der Waals surface area contributed by atoms with Crippen molar-refractivity contribution in [1.29, 1.82) is 0 Å². The number of anilines is 1. The van der Waals surface area contributed by atoms with Crippen LogP contribution in [0.2, 0.25) is 5.02 Å². The summed E-state index contributed by atoms with van der Waals surface area (Å²) in [7, 11) is 1.65. The number of hydrogen-bond acceptors (Lipinski definition) is 4. The Morgan fingerprint density at radius 3 is 2.92 bits per heavy atom. The van der Waals surface area contributed by atoms with E-state index in [1.807, 2.05) is 18.2 Å². The van der Waals surface area contributed by atoms with Crippen LogP contribution in [-0.2, 0) is 0 Å². The zero-order chi connectivity index (χ0) is 17.6. The summed E-state index contributed by atoms with van der Waals surface area (Å²) in [5, 5.41) is 15.1. The van der Waals surface area contributed by atoms with Gasteiger partial charge in [0.05, 0.1) is 28.8 Å². The number of fused-ring (bicyclic) bond motifs is 3. The molecule has 1 aliphatic carbocycles. The molecule has 2 aromatic carbocycles. The van der Waals surface area contributed by atoms with Gasteiger partial charge in [-0.1, -0.05) is 35.9 Å². The maximum Gasteiger partial charge on any atom is 0.271 e. The van der Waals surface area contributed by atoms with E-state index in [9.17, 15) is 10.1 Å². The van der Waals surface area contributed by atoms with E-state index in [0.717, 1.165) is 29.0 Å². The first-order chi connectivity index (χ1) is 12.1. The highest BCUT2D eigenvalue weighted by molar-refractivity contribution is 6.33. The Kier molecular flexibility index (Phi) is 3.88. The molecule has 0 spiro atoms. The van der Waals surface area contributed by atoms with Crippen LogP contribution in [0, 0.1) is 16.0 Å². The lowest BCUT2D eigenvalue weighted by molar-refractivity contribution is -0.384. The van der Waals surface area contributed by atoms with E-state index in [-0.39, 0.29) is 23.6 Å². The lowest BCUT2D eigenvalue weighted by atomic mass is 9.77. The van der Waals surface area contributed by atoms with Crippen LogP contribution in [0.25, 0.3) is 0 Å². The van der Waals surface area contributed by atoms with Crippen molar-refractivity contribution in [3.8, 4) is 5.75 Å². The van der Waals surface area contributed by atoms with Crippen LogP contribution in [-0.4, -0.2) is 12.0 Å². The lowest BCUT2D eigenvalue weighted by Crippen LogP contribution is -2.29. The molecule has 2 aliphatic rings. The highest BCUT2D eigenvalue weighted by Gasteiger charge is 2.39. The van der Waals surface area contributed by atoms with Gasteiger partial charge in [0.15, 0.2) is 0 Å². The molecular formula is C19H17ClN2O3. The van der Waals surface area contributed by atoms with Crippen LogP contribution in [0.3, 0.4) is 0 Å². The van der Waals surface area contributed by atoms with E-state index in [4.69, 9.17) is 16.3 Å². The molecule has 4 rings (SSSR count). The molecule has 0 saturated carbocycles. The number of benzene rings is 2. The topological polar surface area (TPSA) is 64.4 Å². The first-order valence-electron chi connectivity index (χ1n) is 8.13. The monoisotopic (exact) mass is 356 g/mol. The number of methoxy groups -OCH3 is 1. The summed E-state index contributed by atoms with van der Waals surface area (Å²) in [6.07, 6.45) is 5.20. The minimum absolute atomic E-state index is 0.0319. The van der Waals surface area contributed by atoms with Gasteiger partial charge in [0, 0.05) is 18.1 Å². The fourth-order valence-electron chi connectivity index (χ4n) is 3.91. The highest BCUT2D eigenvalue weighted by Crippen LogP contribution is 2.52. The summed E-state index contributed by atoms with van der Waals surface area (Å²) in [6, 6.07) is 11.1. The number of non-ortho nitro benzene ring substituents is 1. The Bertz CT molecular complexity index is 881. The predicted octanol–water partition coefficient (Wildman–Crippen LogP) is 5.08. The van der Waals surface area contributed by atoms with E-state index < -0.39 is 4.92 Å². The fraction of sp³-hybridized carbons (Fsp3) is 0.263. The van der Waals surface area contributed by atoms with Gasteiger partial charge in [-0.25, -0.2) is 0 Å². The van der Waals surface area contributed by atoms with Gasteiger partial charge in [-0.05, 0) is 35.6 Å². The molecule has 0 unspecified atom stereocenters. The van der Waals surface area contributed by atoms with Crippen molar-refractivity contribution in [3.63, 3.8) is 0 Å². The second-order valence-electron chi connectivity index (χ2n) is 6.40. The van der Waals surface area contributed by atoms with Crippen molar-refractivity contribution in [1.82, 2.24) is 0 Å². The zero-order valence-electron chi connectivity index (χ0n) is 13.6. The average molecular weight is 357 g/mol. The van der Waals surface area contributed by atoms with Crippen LogP contribution < -0.4 is 10.1 Å². The normalized spacial score (nSPS) is 23.5. The van der Waals surface area contributed by atoms with Crippen molar-refractivity contribution in [2.24, 2.45) is 5.92 Å². The number of rotatable bonds is 3. The third kappa shape index (κ3) is 2.65. The Balaban J connectivity index is 1.81. The second-order valence-corrected chi connectivity index (χ2v) is 6.81. The molecule has 1 heterocycles. The Labute approximate surface area is 150 Å². The SMILES string of the molecule is COc1cccc([C@@H]2Nc3c(Cl)cc([N+](=O)[O-])cc3[C@@H]3C=CC[C@H]32)c1. The summed E-state index contributed by atoms with van der Waals surface area (Å²) < 4.78 is 5.35. The fourth-order valence-corrected chi connectivity index (χ4v) is 4.19. The Hall–Kier alpha value is -2.53. The zero-order valence-corrected chi connectivity index (χ0v) is 14.4. The molecule has 1 N–H and O–H groups in total. The van der Waals surface area contributed by atoms with Crippen molar-refractivity contribution < 1.29 is 9.66 Å². The summed E-state index contributed by atoms with van der Waals surface area (Å²) in [5.74, 6) is 1.21. The van der Waals surface area contributed by atoms with Crippen LogP contribution >= 0.6 is 11.6 Å². The van der Waals surface area contributed by atoms with Crippen molar-refractivity contribution >= 4 is 23.0 Å². The largest absolute Gasteiger partial charge is 0.497 e. The van der Waals surface area contributed by atoms with Crippen LogP contribution in [0.15, 0.2) is 48.6 Å². The second kappa shape index (κ2) is 6.08. The minimum Gasteiger partial charge on any atom is -0.497 e. The quantitative estimate of drug-likeness (QED) is 0.473. The maximum absolute atomic E-state index is 11.2. The number of hydrogen-bond donors (Lipinski definition) is 1. The molecule has 0 radical (unpaired) electrons. The number of nitro benzene ring substituents is 1. The van der Waals surface area contributed by atoms with Crippen molar-refractivity contribution in [2.75, 3.05) is 12.4 Å². The molecule has 25 heavy (non-hydrogen) atoms. The number of halogens is 1. The van der Waals surface area contributed by atoms with Gasteiger partial charge in [0.2, 0.25) is 0 Å². The number of nitrogens with one attached hydrogen (secondary N) is 1. The van der Waals surface area contributed by atoms with E-state index in [1.165, 1.54) is 6.07 Å². The van der Waals surface area contributed by atoms with E-state index in [2.05, 4.69) is 23.5 Å². The van der Waals surface area contributed by atoms with E-state index in [0.29, 0.717) is 5.02 Å². The molecule has 5 nitrogen and oxygen atoms in total. The first kappa shape index (κ1) is 16.0. The molecule has 1 aliphatic heterocycles. The van der Waals surface area contributed by atoms with Gasteiger partial charge in [-0.2, -0.15) is 0 Å². The third-order valence-electron chi connectivity index (χ3n) is 5.07. The molecular weight excluding hydrogens is 340 g/mol. The summed E-state index contributed by atoms with van der Waals surface area (Å²) in [6.45, 7) is 0. The van der Waals surface area contributed by atoms with Gasteiger partial charge in [-0.15, -0.1) is 0 Å². The molecule has 3 atom stereocenters. The summed E-state index contributed by atoms with van der Waals surface area (Å²) in [5.41, 5.74) is 2.84. The molecule has 0 amide bonds. The minimum atomic E-state index is -0.395. The van der Waals surface area contributed by atoms with Crippen molar-refractivity contribution in [2.45, 2.75) is 18.4 Å². The summed E-state index contributed by atoms with van der Waals surface area (Å²) in [4.78, 5) is 10.8. The van der Waals surface area contributed by atoms with Gasteiger partial charge in [0.1, 0.15) is 5.75 Å². The van der Waals surface area contributed by atoms with Crippen LogP contribution in [0.4, 0.5) is 11.4 Å². The average Bonchev–Trinajstić information content (AvgIpc) is 3.11. The van der Waals surface area contributed by atoms with Gasteiger partial charge in [0.25, 0.3) is 5.69 Å². The predicted molar refractivity (Wildman–Crippen MR) is 97.5 cm³/mol. The standard InChI is InChI=1S/C19H17ClN2O3/c1-25-13-5-2-4-11(8-13)18-15-7-3-6-14(15)16-9-12(22(23)24)10-17(20)19(16)21-18/h2-6,8-10,14-15,18,21H,7H2,1H3/t14-,15-,18+/m1/s1. The highest BCUT2D eigenvalue weighted by atomic mass is 35.5. The molecule has 0 fully saturated rings. The summed E-state index contributed by atoms with van der Waals surface area (Å²) >= 11 is 6.38. The van der Waals surface area contributed by atoms with E-state index in [1.54, 1.807) is 13.2 Å². The molecule has 2 aromatic rings. The van der Waals surface area contributed by atoms with Crippen LogP contribution in [0.5, 0.6) is 5.75 Å². The van der Waals surface area contributed by atoms with Gasteiger partial charge < -0.3 is 10.1 Å². The number of ether oxygens (including phenoxy) is 1. The molecule has 6 heteroatoms. The lowest BCUT2D eigenvalue weighted by Gasteiger charge is -2.37. The van der Waals surface area contributed by atoms with Gasteiger partial charge in [-0.3, -0.25) is 10.1 Å². The number of nitro groups is 1. The van der Waals surface area contributed by atoms with Crippen molar-refractivity contribution in [3.05, 3.63) is 74.8 Å². The molecule has 0 bridgehead atoms. The smallest absolute Gasteiger partial charge is 0.271 e. The maximum atomic E-state index is 11.2. The Morgan fingerprint density at radius 2 is 2.16 bits per heavy atom. The number of nitrogens with zero attached hydrogens (tertiary/aromatic N) is 1. The Morgan fingerprint density at radius 1 is 1.32 bits per heavy atom. The third-order valence-corrected chi connectivity index (χ3v) is 5.37. The number of allylic oxidation sites excluding steroid dienone is 2. The van der Waals surface area contributed by atoms with E-state index >= 15 is 0 Å². The molecule has 0 aromatic heterocycles. The van der Waals surface area contributed by atoms with Gasteiger partial charge >= 0.3 is 0 Å². The van der Waals surface area contributed by atoms with Crippen LogP contribution in [0.1, 0.15) is 29.5 Å². The molecule has 0 saturated heterocycles. The molecule has 128 valence electrons. The first-order valence-corrected chi connectivity index (χ1v) is 8.51.